The quantitative estimate of drug-likeness (QED) is 0.647. The Morgan fingerprint density at radius 2 is 1.84 bits per heavy atom. The molecule has 0 unspecified atom stereocenters. The van der Waals surface area contributed by atoms with Crippen LogP contribution in [0, 0.1) is 5.92 Å². The Kier molecular flexibility index (Phi) is 5.65. The lowest BCUT2D eigenvalue weighted by Gasteiger charge is -2.28. The second-order valence-electron chi connectivity index (χ2n) is 5.76. The van der Waals surface area contributed by atoms with Crippen LogP contribution in [0.25, 0.3) is 0 Å². The summed E-state index contributed by atoms with van der Waals surface area (Å²) >= 11 is 0. The molecular weight excluding hydrogens is 232 g/mol. The van der Waals surface area contributed by atoms with Crippen molar-refractivity contribution in [2.75, 3.05) is 7.11 Å². The number of benzene rings is 1. The van der Waals surface area contributed by atoms with Gasteiger partial charge in [0.1, 0.15) is 0 Å². The topological polar surface area (TPSA) is 9.23 Å². The minimum Gasteiger partial charge on any atom is -0.380 e. The molecule has 0 aliphatic heterocycles. The molecule has 0 bridgehead atoms. The van der Waals surface area contributed by atoms with Gasteiger partial charge in [-0.2, -0.15) is 0 Å². The second-order valence-corrected chi connectivity index (χ2v) is 5.76. The van der Waals surface area contributed by atoms with Crippen molar-refractivity contribution in [2.24, 2.45) is 5.92 Å². The van der Waals surface area contributed by atoms with Crippen molar-refractivity contribution in [3.63, 3.8) is 0 Å². The Labute approximate surface area is 117 Å². The second kappa shape index (κ2) is 7.49. The van der Waals surface area contributed by atoms with E-state index in [1.165, 1.54) is 49.7 Å². The van der Waals surface area contributed by atoms with Gasteiger partial charge < -0.3 is 4.74 Å². The van der Waals surface area contributed by atoms with Crippen LogP contribution in [-0.4, -0.2) is 7.11 Å². The summed E-state index contributed by atoms with van der Waals surface area (Å²) in [6, 6.07) is 9.01. The number of methoxy groups -OCH3 is 1. The fraction of sp³-hybridized carbons (Fsp3) is 0.556. The molecule has 19 heavy (non-hydrogen) atoms. The van der Waals surface area contributed by atoms with Crippen molar-refractivity contribution in [3.8, 4) is 0 Å². The lowest BCUT2D eigenvalue weighted by atomic mass is 9.77. The maximum absolute atomic E-state index is 5.16. The van der Waals surface area contributed by atoms with Crippen LogP contribution in [-0.2, 0) is 11.3 Å². The van der Waals surface area contributed by atoms with Crippen molar-refractivity contribution in [3.05, 3.63) is 48.0 Å². The fourth-order valence-electron chi connectivity index (χ4n) is 3.19. The van der Waals surface area contributed by atoms with Gasteiger partial charge >= 0.3 is 0 Å². The van der Waals surface area contributed by atoms with E-state index in [0.717, 1.165) is 11.8 Å². The monoisotopic (exact) mass is 258 g/mol. The van der Waals surface area contributed by atoms with Gasteiger partial charge in [-0.3, -0.25) is 0 Å². The van der Waals surface area contributed by atoms with Gasteiger partial charge in [-0.1, -0.05) is 30.3 Å². The van der Waals surface area contributed by atoms with E-state index in [1.54, 1.807) is 7.11 Å². The van der Waals surface area contributed by atoms with Gasteiger partial charge in [-0.15, -0.1) is 6.58 Å². The molecule has 2 rings (SSSR count). The van der Waals surface area contributed by atoms with Crippen LogP contribution in [0.1, 0.15) is 55.6 Å². The van der Waals surface area contributed by atoms with Crippen LogP contribution < -0.4 is 0 Å². The molecule has 0 radical (unpaired) electrons. The first-order valence-corrected chi connectivity index (χ1v) is 7.52. The van der Waals surface area contributed by atoms with Crippen molar-refractivity contribution < 1.29 is 4.74 Å². The van der Waals surface area contributed by atoms with Gasteiger partial charge in [0.25, 0.3) is 0 Å². The van der Waals surface area contributed by atoms with Crippen molar-refractivity contribution in [1.29, 1.82) is 0 Å². The van der Waals surface area contributed by atoms with Crippen molar-refractivity contribution in [2.45, 2.75) is 51.0 Å². The van der Waals surface area contributed by atoms with Crippen LogP contribution >= 0.6 is 0 Å². The summed E-state index contributed by atoms with van der Waals surface area (Å²) in [7, 11) is 1.75. The molecule has 1 aromatic carbocycles. The number of ether oxygens (including phenoxy) is 1. The number of hydrogen-bond acceptors (Lipinski definition) is 1. The van der Waals surface area contributed by atoms with Gasteiger partial charge in [-0.05, 0) is 61.5 Å². The molecule has 1 saturated carbocycles. The minimum absolute atomic E-state index is 0.717. The van der Waals surface area contributed by atoms with E-state index in [2.05, 4.69) is 36.9 Å². The van der Waals surface area contributed by atoms with Gasteiger partial charge in [0, 0.05) is 7.11 Å². The van der Waals surface area contributed by atoms with Crippen LogP contribution in [0.3, 0.4) is 0 Å². The number of hydrogen-bond donors (Lipinski definition) is 0. The van der Waals surface area contributed by atoms with Crippen LogP contribution in [0.2, 0.25) is 0 Å². The van der Waals surface area contributed by atoms with Crippen molar-refractivity contribution in [1.82, 2.24) is 0 Å². The number of rotatable bonds is 6. The van der Waals surface area contributed by atoms with E-state index >= 15 is 0 Å². The molecular formula is C18H26O. The van der Waals surface area contributed by atoms with E-state index in [9.17, 15) is 0 Å². The molecule has 104 valence electrons. The normalized spacial score (nSPS) is 23.2. The highest BCUT2D eigenvalue weighted by Gasteiger charge is 2.21. The van der Waals surface area contributed by atoms with E-state index in [4.69, 9.17) is 4.74 Å². The highest BCUT2D eigenvalue weighted by Crippen LogP contribution is 2.37. The standard InChI is InChI=1S/C18H26O/c1-3-4-5-15-6-10-17(11-7-15)18-12-8-16(9-13-18)14-19-2/h3,8-9,12-13,15,17H,1,4-7,10-11,14H2,2H3/t15-,17-. The van der Waals surface area contributed by atoms with E-state index < -0.39 is 0 Å². The molecule has 1 aromatic rings. The predicted octanol–water partition coefficient (Wildman–Crippen LogP) is 5.07. The summed E-state index contributed by atoms with van der Waals surface area (Å²) in [6.45, 7) is 4.54. The maximum Gasteiger partial charge on any atom is 0.0713 e. The van der Waals surface area contributed by atoms with Crippen LogP contribution in [0.5, 0.6) is 0 Å². The molecule has 0 saturated heterocycles. The van der Waals surface area contributed by atoms with Gasteiger partial charge in [0.2, 0.25) is 0 Å². The molecule has 0 amide bonds. The smallest absolute Gasteiger partial charge is 0.0713 e. The Hall–Kier alpha value is -1.08. The molecule has 0 aromatic heterocycles. The van der Waals surface area contributed by atoms with E-state index in [-0.39, 0.29) is 0 Å². The molecule has 1 aliphatic rings. The highest BCUT2D eigenvalue weighted by molar-refractivity contribution is 5.25. The average Bonchev–Trinajstić information content (AvgIpc) is 2.47. The average molecular weight is 258 g/mol. The molecule has 1 heteroatoms. The minimum atomic E-state index is 0.717. The third-order valence-corrected chi connectivity index (χ3v) is 4.39. The Balaban J connectivity index is 1.85. The molecule has 0 N–H and O–H groups in total. The summed E-state index contributed by atoms with van der Waals surface area (Å²) in [4.78, 5) is 0. The van der Waals surface area contributed by atoms with Crippen LogP contribution in [0.15, 0.2) is 36.9 Å². The molecule has 1 aliphatic carbocycles. The molecule has 1 fully saturated rings. The first kappa shape index (κ1) is 14.3. The first-order chi connectivity index (χ1) is 9.33. The zero-order chi connectivity index (χ0) is 13.5. The first-order valence-electron chi connectivity index (χ1n) is 7.52. The summed E-state index contributed by atoms with van der Waals surface area (Å²) in [5, 5.41) is 0. The maximum atomic E-state index is 5.16. The Morgan fingerprint density at radius 3 is 2.42 bits per heavy atom. The zero-order valence-corrected chi connectivity index (χ0v) is 12.1. The lowest BCUT2D eigenvalue weighted by Crippen LogP contribution is -2.13. The molecule has 1 nitrogen and oxygen atoms in total. The summed E-state index contributed by atoms with van der Waals surface area (Å²) < 4.78 is 5.16. The third-order valence-electron chi connectivity index (χ3n) is 4.39. The molecule has 0 atom stereocenters. The molecule has 0 spiro atoms. The Bertz CT molecular complexity index is 371. The zero-order valence-electron chi connectivity index (χ0n) is 12.1. The summed E-state index contributed by atoms with van der Waals surface area (Å²) in [5.74, 6) is 1.71. The van der Waals surface area contributed by atoms with Gasteiger partial charge in [-0.25, -0.2) is 0 Å². The van der Waals surface area contributed by atoms with Gasteiger partial charge in [0.05, 0.1) is 6.61 Å². The SMILES string of the molecule is C=CCC[C@H]1CC[C@H](c2ccc(COC)cc2)CC1. The number of allylic oxidation sites excluding steroid dienone is 1. The van der Waals surface area contributed by atoms with Gasteiger partial charge in [0.15, 0.2) is 0 Å². The third kappa shape index (κ3) is 4.21. The highest BCUT2D eigenvalue weighted by atomic mass is 16.5. The summed E-state index contributed by atoms with van der Waals surface area (Å²) in [6.07, 6.45) is 10.1. The fourth-order valence-corrected chi connectivity index (χ4v) is 3.19. The lowest BCUT2D eigenvalue weighted by molar-refractivity contribution is 0.185. The Morgan fingerprint density at radius 1 is 1.16 bits per heavy atom. The summed E-state index contributed by atoms with van der Waals surface area (Å²) in [5.41, 5.74) is 2.79. The van der Waals surface area contributed by atoms with Crippen molar-refractivity contribution >= 4 is 0 Å². The largest absolute Gasteiger partial charge is 0.380 e. The van der Waals surface area contributed by atoms with E-state index in [1.807, 2.05) is 0 Å². The van der Waals surface area contributed by atoms with E-state index in [0.29, 0.717) is 6.61 Å². The predicted molar refractivity (Wildman–Crippen MR) is 81.3 cm³/mol. The van der Waals surface area contributed by atoms with Crippen LogP contribution in [0.4, 0.5) is 0 Å². The molecule has 0 heterocycles.